The molecule has 4 saturated carbocycles. The van der Waals surface area contributed by atoms with Gasteiger partial charge < -0.3 is 29.5 Å². The second-order valence-electron chi connectivity index (χ2n) is 11.6. The van der Waals surface area contributed by atoms with Crippen molar-refractivity contribution in [2.75, 3.05) is 20.3 Å². The molecular weight excluding hydrogens is 384 g/mol. The zero-order valence-corrected chi connectivity index (χ0v) is 19.0. The molecule has 1 saturated heterocycles. The summed E-state index contributed by atoms with van der Waals surface area (Å²) in [5.74, 6) is 0.461. The molecule has 0 aromatic heterocycles. The van der Waals surface area contributed by atoms with E-state index in [4.69, 9.17) is 14.2 Å². The van der Waals surface area contributed by atoms with E-state index in [9.17, 15) is 15.3 Å². The maximum atomic E-state index is 11.9. The number of ether oxygens (including phenoxy) is 3. The van der Waals surface area contributed by atoms with Crippen LogP contribution in [0, 0.1) is 34.5 Å². The number of methoxy groups -OCH3 is 1. The van der Waals surface area contributed by atoms with Crippen molar-refractivity contribution in [1.82, 2.24) is 0 Å². The van der Waals surface area contributed by atoms with Crippen molar-refractivity contribution in [3.05, 3.63) is 0 Å². The minimum absolute atomic E-state index is 0.0245. The van der Waals surface area contributed by atoms with Crippen molar-refractivity contribution in [2.45, 2.75) is 95.4 Å². The van der Waals surface area contributed by atoms with Crippen LogP contribution in [0.2, 0.25) is 0 Å². The molecule has 5 rings (SSSR count). The number of hydrogen-bond acceptors (Lipinski definition) is 6. The van der Waals surface area contributed by atoms with E-state index in [-0.39, 0.29) is 23.4 Å². The number of hydrogen-bond donors (Lipinski definition) is 3. The van der Waals surface area contributed by atoms with E-state index >= 15 is 0 Å². The van der Waals surface area contributed by atoms with Gasteiger partial charge in [0.25, 0.3) is 0 Å². The van der Waals surface area contributed by atoms with E-state index in [0.29, 0.717) is 37.9 Å². The third kappa shape index (κ3) is 2.64. The first-order chi connectivity index (χ1) is 14.1. The zero-order chi connectivity index (χ0) is 21.5. The Labute approximate surface area is 180 Å². The van der Waals surface area contributed by atoms with Crippen LogP contribution in [0.4, 0.5) is 0 Å². The molecule has 0 aromatic carbocycles. The van der Waals surface area contributed by atoms with E-state index in [1.807, 2.05) is 0 Å². The fourth-order valence-electron chi connectivity index (χ4n) is 9.24. The smallest absolute Gasteiger partial charge is 0.169 e. The maximum Gasteiger partial charge on any atom is 0.169 e. The normalized spacial score (nSPS) is 57.5. The Morgan fingerprint density at radius 3 is 2.33 bits per heavy atom. The van der Waals surface area contributed by atoms with Crippen molar-refractivity contribution < 1.29 is 29.5 Å². The lowest BCUT2D eigenvalue weighted by atomic mass is 9.41. The fourth-order valence-corrected chi connectivity index (χ4v) is 9.24. The Kier molecular flexibility index (Phi) is 4.95. The molecule has 1 heterocycles. The van der Waals surface area contributed by atoms with Crippen LogP contribution in [-0.4, -0.2) is 65.3 Å². The van der Waals surface area contributed by atoms with Gasteiger partial charge in [0.15, 0.2) is 5.79 Å². The van der Waals surface area contributed by atoms with Crippen molar-refractivity contribution >= 4 is 0 Å². The average Bonchev–Trinajstić information content (AvgIpc) is 3.25. The Balaban J connectivity index is 1.53. The molecule has 5 fully saturated rings. The molecule has 1 aliphatic heterocycles. The highest BCUT2D eigenvalue weighted by Crippen LogP contribution is 2.70. The molecule has 30 heavy (non-hydrogen) atoms. The highest BCUT2D eigenvalue weighted by molar-refractivity contribution is 5.19. The molecule has 0 spiro atoms. The molecule has 10 atom stereocenters. The summed E-state index contributed by atoms with van der Waals surface area (Å²) >= 11 is 0. The molecule has 0 bridgehead atoms. The second-order valence-corrected chi connectivity index (χ2v) is 11.6. The lowest BCUT2D eigenvalue weighted by Gasteiger charge is -2.67. The molecule has 0 radical (unpaired) electrons. The Bertz CT molecular complexity index is 679. The molecular formula is C24H40O6. The lowest BCUT2D eigenvalue weighted by molar-refractivity contribution is -0.293. The molecule has 6 heteroatoms. The van der Waals surface area contributed by atoms with Crippen molar-refractivity contribution in [3.63, 3.8) is 0 Å². The second kappa shape index (κ2) is 6.88. The third-order valence-corrected chi connectivity index (χ3v) is 10.5. The van der Waals surface area contributed by atoms with Crippen LogP contribution in [0.1, 0.15) is 65.7 Å². The maximum absolute atomic E-state index is 11.9. The third-order valence-electron chi connectivity index (χ3n) is 10.5. The van der Waals surface area contributed by atoms with Crippen LogP contribution in [0.3, 0.4) is 0 Å². The summed E-state index contributed by atoms with van der Waals surface area (Å²) in [6, 6.07) is 0. The van der Waals surface area contributed by atoms with Crippen LogP contribution in [0.5, 0.6) is 0 Å². The molecule has 172 valence electrons. The largest absolute Gasteiger partial charge is 0.393 e. The summed E-state index contributed by atoms with van der Waals surface area (Å²) in [4.78, 5) is 0. The zero-order valence-electron chi connectivity index (χ0n) is 19.0. The van der Waals surface area contributed by atoms with Crippen molar-refractivity contribution in [3.8, 4) is 0 Å². The van der Waals surface area contributed by atoms with E-state index in [0.717, 1.165) is 32.1 Å². The van der Waals surface area contributed by atoms with Gasteiger partial charge in [-0.1, -0.05) is 13.8 Å². The van der Waals surface area contributed by atoms with Crippen LogP contribution < -0.4 is 0 Å². The van der Waals surface area contributed by atoms with Gasteiger partial charge in [0.1, 0.15) is 0 Å². The summed E-state index contributed by atoms with van der Waals surface area (Å²) in [7, 11) is 1.68. The molecule has 6 nitrogen and oxygen atoms in total. The van der Waals surface area contributed by atoms with E-state index in [1.54, 1.807) is 7.11 Å². The standard InChI is InChI=1S/C24H40O6/c1-21-13-17(26)20-15(16(21)5-6-18(21)23(3)29-9-10-30-23)11-19(28-4)24(27)12-14(25)7-8-22(20,24)2/h14-20,25-27H,5-13H2,1-4H3/t14-,15?,16?,17-,18?,19+,20?,21-,22+,24-/m0/s1. The molecule has 0 amide bonds. The van der Waals surface area contributed by atoms with Gasteiger partial charge in [-0.25, -0.2) is 0 Å². The lowest BCUT2D eigenvalue weighted by Crippen LogP contribution is -2.71. The van der Waals surface area contributed by atoms with Gasteiger partial charge in [0.2, 0.25) is 0 Å². The Hall–Kier alpha value is -0.240. The number of rotatable bonds is 2. The van der Waals surface area contributed by atoms with Gasteiger partial charge in [0.05, 0.1) is 37.1 Å². The number of fused-ring (bicyclic) bond motifs is 5. The van der Waals surface area contributed by atoms with Crippen molar-refractivity contribution in [1.29, 1.82) is 0 Å². The first-order valence-electron chi connectivity index (χ1n) is 12.0. The predicted octanol–water partition coefficient (Wildman–Crippen LogP) is 2.48. The fraction of sp³-hybridized carbons (Fsp3) is 1.00. The van der Waals surface area contributed by atoms with Crippen molar-refractivity contribution in [2.24, 2.45) is 34.5 Å². The van der Waals surface area contributed by atoms with E-state index in [1.165, 1.54) is 0 Å². The molecule has 3 N–H and O–H groups in total. The van der Waals surface area contributed by atoms with Gasteiger partial charge in [-0.3, -0.25) is 0 Å². The van der Waals surface area contributed by atoms with Gasteiger partial charge in [-0.05, 0) is 68.6 Å². The predicted molar refractivity (Wildman–Crippen MR) is 111 cm³/mol. The first-order valence-corrected chi connectivity index (χ1v) is 12.0. The van der Waals surface area contributed by atoms with Gasteiger partial charge in [-0.15, -0.1) is 0 Å². The van der Waals surface area contributed by atoms with Crippen LogP contribution in [0.15, 0.2) is 0 Å². The van der Waals surface area contributed by atoms with Gasteiger partial charge in [-0.2, -0.15) is 0 Å². The molecule has 0 aromatic rings. The quantitative estimate of drug-likeness (QED) is 0.631. The van der Waals surface area contributed by atoms with Gasteiger partial charge in [0, 0.05) is 24.9 Å². The minimum Gasteiger partial charge on any atom is -0.393 e. The average molecular weight is 425 g/mol. The monoisotopic (exact) mass is 424 g/mol. The van der Waals surface area contributed by atoms with E-state index < -0.39 is 29.0 Å². The van der Waals surface area contributed by atoms with Crippen LogP contribution in [-0.2, 0) is 14.2 Å². The molecule has 4 unspecified atom stereocenters. The summed E-state index contributed by atoms with van der Waals surface area (Å²) in [5, 5.41) is 33.9. The number of aliphatic hydroxyl groups excluding tert-OH is 2. The van der Waals surface area contributed by atoms with Gasteiger partial charge >= 0.3 is 0 Å². The highest BCUT2D eigenvalue weighted by Gasteiger charge is 2.71. The summed E-state index contributed by atoms with van der Waals surface area (Å²) in [5.41, 5.74) is -1.62. The summed E-state index contributed by atoms with van der Waals surface area (Å²) in [6.07, 6.45) is 4.04. The first kappa shape index (κ1) is 21.6. The van der Waals surface area contributed by atoms with E-state index in [2.05, 4.69) is 20.8 Å². The molecule has 5 aliphatic rings. The molecule has 4 aliphatic carbocycles. The Morgan fingerprint density at radius 2 is 1.67 bits per heavy atom. The van der Waals surface area contributed by atoms with Crippen LogP contribution in [0.25, 0.3) is 0 Å². The highest BCUT2D eigenvalue weighted by atomic mass is 16.7. The topological polar surface area (TPSA) is 88.4 Å². The van der Waals surface area contributed by atoms with Crippen LogP contribution >= 0.6 is 0 Å². The SMILES string of the molecule is CO[C@@H]1CC2C3CCC(C4(C)OCCO4)[C@@]3(C)C[C@H](O)C2[C@@]2(C)CC[C@H](O)C[C@]12O. The summed E-state index contributed by atoms with van der Waals surface area (Å²) in [6.45, 7) is 7.84. The number of aliphatic hydroxyl groups is 3. The summed E-state index contributed by atoms with van der Waals surface area (Å²) < 4.78 is 18.1. The Morgan fingerprint density at radius 1 is 0.967 bits per heavy atom. The minimum atomic E-state index is -1.10.